The molecule has 0 unspecified atom stereocenters. The van der Waals surface area contributed by atoms with Crippen LogP contribution in [0.5, 0.6) is 0 Å². The summed E-state index contributed by atoms with van der Waals surface area (Å²) in [5.74, 6) is -0.290. The van der Waals surface area contributed by atoms with Gasteiger partial charge in [0.15, 0.2) is 14.9 Å². The van der Waals surface area contributed by atoms with E-state index in [1.807, 2.05) is 0 Å². The largest absolute Gasteiger partial charge is 0.375 e. The molecular formula is C15H17N3O4S. The maximum absolute atomic E-state index is 11.7. The Hall–Kier alpha value is -2.32. The normalized spacial score (nSPS) is 11.2. The molecule has 1 amide bonds. The van der Waals surface area contributed by atoms with Crippen molar-refractivity contribution in [2.45, 2.75) is 11.9 Å². The highest BCUT2D eigenvalue weighted by atomic mass is 32.2. The number of carbonyl (C=O) groups excluding carboxylic acids is 1. The van der Waals surface area contributed by atoms with E-state index in [9.17, 15) is 13.2 Å². The van der Waals surface area contributed by atoms with Crippen molar-refractivity contribution in [2.75, 3.05) is 24.8 Å². The first kappa shape index (κ1) is 17.0. The number of rotatable bonds is 6. The van der Waals surface area contributed by atoms with Gasteiger partial charge in [0.05, 0.1) is 11.4 Å². The third kappa shape index (κ3) is 4.33. The molecular weight excluding hydrogens is 318 g/mol. The second kappa shape index (κ2) is 7.30. The van der Waals surface area contributed by atoms with Gasteiger partial charge in [-0.3, -0.25) is 4.79 Å². The van der Waals surface area contributed by atoms with Crippen LogP contribution in [0, 0.1) is 0 Å². The van der Waals surface area contributed by atoms with Crippen LogP contribution in [0.25, 0.3) is 11.3 Å². The van der Waals surface area contributed by atoms with Crippen LogP contribution < -0.4 is 5.32 Å². The van der Waals surface area contributed by atoms with E-state index in [2.05, 4.69) is 15.5 Å². The van der Waals surface area contributed by atoms with Crippen LogP contribution in [-0.2, 0) is 19.4 Å². The number of hydrogen-bond acceptors (Lipinski definition) is 6. The standard InChI is InChI=1S/C15H17N3O4S/c1-3-23(20,21)15-8-7-13(17-18-15)11-5-4-6-12(9-11)16-14(19)10-22-2/h4-9H,3,10H2,1-2H3,(H,16,19). The first-order valence-corrected chi connectivity index (χ1v) is 8.57. The molecule has 0 saturated heterocycles. The predicted octanol–water partition coefficient (Wildman–Crippen LogP) is 1.52. The van der Waals surface area contributed by atoms with Gasteiger partial charge in [-0.15, -0.1) is 10.2 Å². The molecule has 7 nitrogen and oxygen atoms in total. The lowest BCUT2D eigenvalue weighted by Crippen LogP contribution is -2.17. The maximum Gasteiger partial charge on any atom is 0.250 e. The summed E-state index contributed by atoms with van der Waals surface area (Å²) < 4.78 is 28.2. The topological polar surface area (TPSA) is 98.2 Å². The minimum absolute atomic E-state index is 0.0258. The molecule has 0 saturated carbocycles. The molecule has 0 fully saturated rings. The van der Waals surface area contributed by atoms with Crippen molar-refractivity contribution in [1.82, 2.24) is 10.2 Å². The fourth-order valence-electron chi connectivity index (χ4n) is 1.87. The lowest BCUT2D eigenvalue weighted by Gasteiger charge is -2.07. The van der Waals surface area contributed by atoms with E-state index in [1.54, 1.807) is 37.3 Å². The van der Waals surface area contributed by atoms with Crippen molar-refractivity contribution in [3.8, 4) is 11.3 Å². The van der Waals surface area contributed by atoms with Crippen molar-refractivity contribution in [3.05, 3.63) is 36.4 Å². The zero-order valence-corrected chi connectivity index (χ0v) is 13.6. The smallest absolute Gasteiger partial charge is 0.250 e. The molecule has 8 heteroatoms. The first-order valence-electron chi connectivity index (χ1n) is 6.92. The van der Waals surface area contributed by atoms with E-state index in [1.165, 1.54) is 13.2 Å². The molecule has 1 heterocycles. The zero-order chi connectivity index (χ0) is 16.9. The predicted molar refractivity (Wildman–Crippen MR) is 85.7 cm³/mol. The van der Waals surface area contributed by atoms with E-state index in [0.717, 1.165) is 0 Å². The van der Waals surface area contributed by atoms with Gasteiger partial charge in [0.1, 0.15) is 6.61 Å². The van der Waals surface area contributed by atoms with Gasteiger partial charge in [-0.05, 0) is 24.3 Å². The summed E-state index contributed by atoms with van der Waals surface area (Å²) in [6.45, 7) is 1.52. The van der Waals surface area contributed by atoms with Crippen molar-refractivity contribution in [3.63, 3.8) is 0 Å². The van der Waals surface area contributed by atoms with Crippen molar-refractivity contribution < 1.29 is 17.9 Å². The molecule has 0 radical (unpaired) electrons. The Bertz CT molecular complexity index is 789. The molecule has 0 bridgehead atoms. The van der Waals surface area contributed by atoms with Crippen molar-refractivity contribution in [2.24, 2.45) is 0 Å². The number of carbonyl (C=O) groups is 1. The number of aromatic nitrogens is 2. The number of sulfone groups is 1. The van der Waals surface area contributed by atoms with Crippen LogP contribution in [0.4, 0.5) is 5.69 Å². The quantitative estimate of drug-likeness (QED) is 0.859. The van der Waals surface area contributed by atoms with Gasteiger partial charge in [0.25, 0.3) is 0 Å². The van der Waals surface area contributed by atoms with Gasteiger partial charge in [0, 0.05) is 18.4 Å². The van der Waals surface area contributed by atoms with Gasteiger partial charge in [0.2, 0.25) is 5.91 Å². The van der Waals surface area contributed by atoms with Crippen LogP contribution >= 0.6 is 0 Å². The van der Waals surface area contributed by atoms with Crippen molar-refractivity contribution >= 4 is 21.4 Å². The molecule has 122 valence electrons. The van der Waals surface area contributed by atoms with Crippen LogP contribution in [0.2, 0.25) is 0 Å². The number of amides is 1. The molecule has 0 aliphatic heterocycles. The summed E-state index contributed by atoms with van der Waals surface area (Å²) in [4.78, 5) is 11.5. The molecule has 0 atom stereocenters. The zero-order valence-electron chi connectivity index (χ0n) is 12.8. The van der Waals surface area contributed by atoms with Gasteiger partial charge in [-0.25, -0.2) is 8.42 Å². The van der Waals surface area contributed by atoms with Crippen LogP contribution in [0.1, 0.15) is 6.92 Å². The second-order valence-corrected chi connectivity index (χ2v) is 6.95. The van der Waals surface area contributed by atoms with E-state index < -0.39 is 9.84 Å². The number of methoxy groups -OCH3 is 1. The number of hydrogen-bond donors (Lipinski definition) is 1. The lowest BCUT2D eigenvalue weighted by molar-refractivity contribution is -0.119. The SMILES string of the molecule is CCS(=O)(=O)c1ccc(-c2cccc(NC(=O)COC)c2)nn1. The Morgan fingerprint density at radius 3 is 2.61 bits per heavy atom. The van der Waals surface area contributed by atoms with E-state index in [-0.39, 0.29) is 23.3 Å². The van der Waals surface area contributed by atoms with Gasteiger partial charge in [-0.1, -0.05) is 19.1 Å². The summed E-state index contributed by atoms with van der Waals surface area (Å²) in [5, 5.41) is 10.4. The fraction of sp³-hybridized carbons (Fsp3) is 0.267. The molecule has 23 heavy (non-hydrogen) atoms. The maximum atomic E-state index is 11.7. The molecule has 0 spiro atoms. The lowest BCUT2D eigenvalue weighted by atomic mass is 10.1. The first-order chi connectivity index (χ1) is 11.0. The van der Waals surface area contributed by atoms with E-state index in [4.69, 9.17) is 4.74 Å². The molecule has 0 aliphatic rings. The summed E-state index contributed by atoms with van der Waals surface area (Å²) >= 11 is 0. The highest BCUT2D eigenvalue weighted by Crippen LogP contribution is 2.21. The average Bonchev–Trinajstić information content (AvgIpc) is 2.55. The second-order valence-electron chi connectivity index (χ2n) is 4.72. The summed E-state index contributed by atoms with van der Waals surface area (Å²) in [7, 11) is -1.93. The monoisotopic (exact) mass is 335 g/mol. The number of nitrogens with one attached hydrogen (secondary N) is 1. The molecule has 2 aromatic rings. The summed E-state index contributed by atoms with van der Waals surface area (Å²) in [6.07, 6.45) is 0. The van der Waals surface area contributed by atoms with Crippen molar-refractivity contribution in [1.29, 1.82) is 0 Å². The highest BCUT2D eigenvalue weighted by molar-refractivity contribution is 7.91. The Balaban J connectivity index is 2.24. The number of benzene rings is 1. The molecule has 1 aromatic carbocycles. The van der Waals surface area contributed by atoms with Gasteiger partial charge >= 0.3 is 0 Å². The molecule has 2 rings (SSSR count). The van der Waals surface area contributed by atoms with Crippen LogP contribution in [-0.4, -0.2) is 44.0 Å². The Morgan fingerprint density at radius 2 is 2.00 bits per heavy atom. The minimum Gasteiger partial charge on any atom is -0.375 e. The number of anilines is 1. The third-order valence-corrected chi connectivity index (χ3v) is 4.67. The van der Waals surface area contributed by atoms with Crippen LogP contribution in [0.3, 0.4) is 0 Å². The Kier molecular flexibility index (Phi) is 5.41. The number of nitrogens with zero attached hydrogens (tertiary/aromatic N) is 2. The van der Waals surface area contributed by atoms with E-state index in [0.29, 0.717) is 16.9 Å². The number of ether oxygens (including phenoxy) is 1. The Morgan fingerprint density at radius 1 is 1.22 bits per heavy atom. The fourth-order valence-corrected chi connectivity index (χ4v) is 2.61. The summed E-state index contributed by atoms with van der Waals surface area (Å²) in [5.41, 5.74) is 1.83. The Labute approximate surface area is 134 Å². The highest BCUT2D eigenvalue weighted by Gasteiger charge is 2.14. The average molecular weight is 335 g/mol. The molecule has 1 aromatic heterocycles. The third-order valence-electron chi connectivity index (χ3n) is 3.06. The van der Waals surface area contributed by atoms with Crippen LogP contribution in [0.15, 0.2) is 41.4 Å². The van der Waals surface area contributed by atoms with E-state index >= 15 is 0 Å². The minimum atomic E-state index is -3.37. The molecule has 1 N–H and O–H groups in total. The van der Waals surface area contributed by atoms with Gasteiger partial charge < -0.3 is 10.1 Å². The van der Waals surface area contributed by atoms with Gasteiger partial charge in [-0.2, -0.15) is 0 Å². The summed E-state index contributed by atoms with van der Waals surface area (Å²) in [6, 6.07) is 10.0. The molecule has 0 aliphatic carbocycles.